The van der Waals surface area contributed by atoms with Crippen molar-refractivity contribution in [1.29, 1.82) is 0 Å². The fourth-order valence-corrected chi connectivity index (χ4v) is 2.96. The van der Waals surface area contributed by atoms with E-state index in [9.17, 15) is 18.4 Å². The van der Waals surface area contributed by atoms with E-state index in [-0.39, 0.29) is 17.9 Å². The van der Waals surface area contributed by atoms with Crippen molar-refractivity contribution in [2.24, 2.45) is 0 Å². The molecule has 1 aromatic carbocycles. The Morgan fingerprint density at radius 1 is 1.04 bits per heavy atom. The van der Waals surface area contributed by atoms with Crippen molar-refractivity contribution in [2.75, 3.05) is 26.2 Å². The molecule has 1 saturated heterocycles. The van der Waals surface area contributed by atoms with Crippen LogP contribution in [0.25, 0.3) is 0 Å². The smallest absolute Gasteiger partial charge is 0.256 e. The second kappa shape index (κ2) is 7.46. The van der Waals surface area contributed by atoms with Crippen LogP contribution in [0.1, 0.15) is 22.5 Å². The average molecular weight is 347 g/mol. The van der Waals surface area contributed by atoms with E-state index in [0.717, 1.165) is 17.8 Å². The first kappa shape index (κ1) is 17.1. The normalized spacial score (nSPS) is 15.1. The number of carbonyl (C=O) groups is 2. The monoisotopic (exact) mass is 347 g/mol. The minimum absolute atomic E-state index is 0.00953. The number of benzene rings is 1. The van der Waals surface area contributed by atoms with Gasteiger partial charge < -0.3 is 14.8 Å². The van der Waals surface area contributed by atoms with Crippen molar-refractivity contribution in [3.05, 3.63) is 59.4 Å². The number of H-pyrrole nitrogens is 1. The van der Waals surface area contributed by atoms with E-state index in [1.54, 1.807) is 11.1 Å². The molecule has 0 unspecified atom stereocenters. The summed E-state index contributed by atoms with van der Waals surface area (Å²) in [7, 11) is 0. The van der Waals surface area contributed by atoms with E-state index in [0.29, 0.717) is 38.7 Å². The molecule has 132 valence electrons. The first-order valence-electron chi connectivity index (χ1n) is 8.19. The number of aromatic amines is 1. The van der Waals surface area contributed by atoms with Crippen LogP contribution in [0.15, 0.2) is 36.5 Å². The van der Waals surface area contributed by atoms with Gasteiger partial charge in [0, 0.05) is 44.1 Å². The third-order valence-corrected chi connectivity index (χ3v) is 4.30. The predicted octanol–water partition coefficient (Wildman–Crippen LogP) is 2.21. The fourth-order valence-electron chi connectivity index (χ4n) is 2.96. The summed E-state index contributed by atoms with van der Waals surface area (Å²) >= 11 is 0. The van der Waals surface area contributed by atoms with Crippen LogP contribution in [0.5, 0.6) is 0 Å². The van der Waals surface area contributed by atoms with Gasteiger partial charge in [-0.2, -0.15) is 0 Å². The topological polar surface area (TPSA) is 56.4 Å². The summed E-state index contributed by atoms with van der Waals surface area (Å²) < 4.78 is 26.8. The molecule has 0 bridgehead atoms. The summed E-state index contributed by atoms with van der Waals surface area (Å²) in [6.45, 7) is 1.71. The van der Waals surface area contributed by atoms with Gasteiger partial charge in [0.15, 0.2) is 0 Å². The van der Waals surface area contributed by atoms with E-state index in [2.05, 4.69) is 4.98 Å². The van der Waals surface area contributed by atoms with Gasteiger partial charge in [-0.15, -0.1) is 0 Å². The Hall–Kier alpha value is -2.70. The number of halogens is 2. The Bertz CT molecular complexity index is 762. The van der Waals surface area contributed by atoms with Crippen LogP contribution in [0, 0.1) is 11.6 Å². The molecule has 7 heteroatoms. The number of nitrogens with zero attached hydrogens (tertiary/aromatic N) is 2. The number of aromatic nitrogens is 1. The van der Waals surface area contributed by atoms with Crippen LogP contribution in [0.4, 0.5) is 8.78 Å². The Morgan fingerprint density at radius 2 is 1.80 bits per heavy atom. The van der Waals surface area contributed by atoms with E-state index >= 15 is 0 Å². The summed E-state index contributed by atoms with van der Waals surface area (Å²) in [6.07, 6.45) is 2.67. The highest BCUT2D eigenvalue weighted by Gasteiger charge is 2.24. The number of amides is 2. The molecule has 0 atom stereocenters. The van der Waals surface area contributed by atoms with Crippen LogP contribution in [0.2, 0.25) is 0 Å². The summed E-state index contributed by atoms with van der Waals surface area (Å²) in [5.41, 5.74) is 0.697. The maximum absolute atomic E-state index is 13.8. The summed E-state index contributed by atoms with van der Waals surface area (Å²) in [5, 5.41) is 0. The van der Waals surface area contributed by atoms with Gasteiger partial charge in [-0.05, 0) is 30.7 Å². The third-order valence-electron chi connectivity index (χ3n) is 4.30. The van der Waals surface area contributed by atoms with Crippen molar-refractivity contribution >= 4 is 11.8 Å². The van der Waals surface area contributed by atoms with Crippen molar-refractivity contribution in [2.45, 2.75) is 12.8 Å². The third kappa shape index (κ3) is 4.04. The minimum Gasteiger partial charge on any atom is -0.365 e. The van der Waals surface area contributed by atoms with Crippen LogP contribution in [-0.2, 0) is 11.2 Å². The second-order valence-electron chi connectivity index (χ2n) is 6.02. The molecule has 2 heterocycles. The first-order chi connectivity index (χ1) is 12.0. The predicted molar refractivity (Wildman–Crippen MR) is 88.0 cm³/mol. The summed E-state index contributed by atoms with van der Waals surface area (Å²) in [6, 6.07) is 6.62. The SMILES string of the molecule is O=C(Cc1ccc[nH]1)N1CCCN(C(=O)c2ccc(F)cc2F)CC1. The molecule has 1 N–H and O–H groups in total. The molecule has 0 saturated carbocycles. The Labute approximate surface area is 144 Å². The van der Waals surface area contributed by atoms with Gasteiger partial charge in [0.25, 0.3) is 5.91 Å². The largest absolute Gasteiger partial charge is 0.365 e. The Morgan fingerprint density at radius 3 is 2.52 bits per heavy atom. The number of nitrogens with one attached hydrogen (secondary N) is 1. The van der Waals surface area contributed by atoms with E-state index in [1.807, 2.05) is 12.1 Å². The van der Waals surface area contributed by atoms with Crippen LogP contribution in [-0.4, -0.2) is 52.8 Å². The van der Waals surface area contributed by atoms with E-state index in [1.165, 1.54) is 4.90 Å². The first-order valence-corrected chi connectivity index (χ1v) is 8.19. The van der Waals surface area contributed by atoms with Crippen LogP contribution < -0.4 is 0 Å². The van der Waals surface area contributed by atoms with Gasteiger partial charge in [-0.25, -0.2) is 8.78 Å². The van der Waals surface area contributed by atoms with Crippen molar-refractivity contribution in [3.63, 3.8) is 0 Å². The van der Waals surface area contributed by atoms with Gasteiger partial charge in [-0.1, -0.05) is 0 Å². The Kier molecular flexibility index (Phi) is 5.11. The molecular weight excluding hydrogens is 328 g/mol. The molecule has 0 radical (unpaired) electrons. The van der Waals surface area contributed by atoms with Gasteiger partial charge in [0.05, 0.1) is 12.0 Å². The summed E-state index contributed by atoms with van der Waals surface area (Å²) in [5.74, 6) is -2.07. The van der Waals surface area contributed by atoms with Crippen molar-refractivity contribution in [1.82, 2.24) is 14.8 Å². The molecule has 1 aliphatic rings. The lowest BCUT2D eigenvalue weighted by atomic mass is 10.1. The van der Waals surface area contributed by atoms with Gasteiger partial charge in [0.2, 0.25) is 5.91 Å². The van der Waals surface area contributed by atoms with Crippen molar-refractivity contribution < 1.29 is 18.4 Å². The minimum atomic E-state index is -0.867. The number of hydrogen-bond acceptors (Lipinski definition) is 2. The van der Waals surface area contributed by atoms with Gasteiger partial charge in [-0.3, -0.25) is 9.59 Å². The fraction of sp³-hybridized carbons (Fsp3) is 0.333. The zero-order valence-corrected chi connectivity index (χ0v) is 13.7. The second-order valence-corrected chi connectivity index (χ2v) is 6.02. The number of rotatable bonds is 3. The average Bonchev–Trinajstić information content (AvgIpc) is 2.95. The number of hydrogen-bond donors (Lipinski definition) is 1. The maximum atomic E-state index is 13.8. The quantitative estimate of drug-likeness (QED) is 0.926. The molecule has 5 nitrogen and oxygen atoms in total. The molecule has 0 spiro atoms. The van der Waals surface area contributed by atoms with Crippen LogP contribution >= 0.6 is 0 Å². The number of carbonyl (C=O) groups excluding carboxylic acids is 2. The van der Waals surface area contributed by atoms with Crippen molar-refractivity contribution in [3.8, 4) is 0 Å². The Balaban J connectivity index is 1.63. The molecule has 1 aliphatic heterocycles. The lowest BCUT2D eigenvalue weighted by Gasteiger charge is -2.22. The molecule has 1 fully saturated rings. The molecule has 1 aromatic heterocycles. The molecular formula is C18H19F2N3O2. The zero-order chi connectivity index (χ0) is 17.8. The molecule has 25 heavy (non-hydrogen) atoms. The molecule has 0 aliphatic carbocycles. The maximum Gasteiger partial charge on any atom is 0.256 e. The van der Waals surface area contributed by atoms with E-state index < -0.39 is 17.5 Å². The lowest BCUT2D eigenvalue weighted by Crippen LogP contribution is -2.38. The molecule has 3 rings (SSSR count). The zero-order valence-electron chi connectivity index (χ0n) is 13.7. The highest BCUT2D eigenvalue weighted by molar-refractivity contribution is 5.94. The van der Waals surface area contributed by atoms with Gasteiger partial charge >= 0.3 is 0 Å². The standard InChI is InChI=1S/C18H19F2N3O2/c19-13-4-5-15(16(20)11-13)18(25)23-8-2-7-22(9-10-23)17(24)12-14-3-1-6-21-14/h1,3-6,11,21H,2,7-10,12H2. The lowest BCUT2D eigenvalue weighted by molar-refractivity contribution is -0.130. The highest BCUT2D eigenvalue weighted by atomic mass is 19.1. The highest BCUT2D eigenvalue weighted by Crippen LogP contribution is 2.14. The van der Waals surface area contributed by atoms with E-state index in [4.69, 9.17) is 0 Å². The molecule has 2 aromatic rings. The molecule has 2 amide bonds. The van der Waals surface area contributed by atoms with Crippen LogP contribution in [0.3, 0.4) is 0 Å². The van der Waals surface area contributed by atoms with Gasteiger partial charge in [0.1, 0.15) is 11.6 Å². The summed E-state index contributed by atoms with van der Waals surface area (Å²) in [4.78, 5) is 31.1.